The van der Waals surface area contributed by atoms with Gasteiger partial charge in [0.25, 0.3) is 0 Å². The summed E-state index contributed by atoms with van der Waals surface area (Å²) in [6.07, 6.45) is -0.150. The van der Waals surface area contributed by atoms with Crippen LogP contribution in [0.5, 0.6) is 0 Å². The first kappa shape index (κ1) is 14.3. The highest BCUT2D eigenvalue weighted by Gasteiger charge is 2.39. The molecule has 3 N–H and O–H groups in total. The zero-order chi connectivity index (χ0) is 12.9. The standard InChI is InChI=1S/C10H17NO5S/c1-2-15-7-10(9(11)12,17(13)14)6-8-4-3-5-16-8/h3-5,9,12H,2,6-7,11H2,1H3,(H,13,14)/p-1/t9-,10+/m1/s1. The first-order valence-electron chi connectivity index (χ1n) is 5.16. The normalized spacial score (nSPS) is 18.6. The van der Waals surface area contributed by atoms with Crippen LogP contribution in [-0.2, 0) is 22.2 Å². The predicted molar refractivity (Wildman–Crippen MR) is 60.8 cm³/mol. The summed E-state index contributed by atoms with van der Waals surface area (Å²) in [5, 5.41) is 9.52. The van der Waals surface area contributed by atoms with Crippen molar-refractivity contribution in [3.8, 4) is 0 Å². The van der Waals surface area contributed by atoms with Gasteiger partial charge in [-0.2, -0.15) is 0 Å². The zero-order valence-electron chi connectivity index (χ0n) is 9.50. The monoisotopic (exact) mass is 262 g/mol. The Balaban J connectivity index is 2.93. The maximum Gasteiger partial charge on any atom is 0.121 e. The van der Waals surface area contributed by atoms with Crippen molar-refractivity contribution in [1.82, 2.24) is 0 Å². The molecule has 0 aliphatic heterocycles. The molecular weight excluding hydrogens is 246 g/mol. The molecule has 1 heterocycles. The van der Waals surface area contributed by atoms with Crippen molar-refractivity contribution in [1.29, 1.82) is 0 Å². The Morgan fingerprint density at radius 2 is 2.47 bits per heavy atom. The quantitative estimate of drug-likeness (QED) is 0.518. The molecule has 0 saturated heterocycles. The molecule has 3 atom stereocenters. The van der Waals surface area contributed by atoms with Crippen molar-refractivity contribution in [3.05, 3.63) is 24.2 Å². The fraction of sp³-hybridized carbons (Fsp3) is 0.600. The second kappa shape index (κ2) is 6.27. The van der Waals surface area contributed by atoms with E-state index in [4.69, 9.17) is 14.9 Å². The second-order valence-electron chi connectivity index (χ2n) is 3.64. The lowest BCUT2D eigenvalue weighted by Gasteiger charge is -2.37. The van der Waals surface area contributed by atoms with Gasteiger partial charge in [-0.25, -0.2) is 0 Å². The van der Waals surface area contributed by atoms with E-state index in [0.29, 0.717) is 12.4 Å². The van der Waals surface area contributed by atoms with Gasteiger partial charge in [0.2, 0.25) is 0 Å². The molecule has 6 nitrogen and oxygen atoms in total. The lowest BCUT2D eigenvalue weighted by Crippen LogP contribution is -2.56. The molecule has 1 aromatic heterocycles. The van der Waals surface area contributed by atoms with Crippen molar-refractivity contribution < 1.29 is 23.0 Å². The van der Waals surface area contributed by atoms with Gasteiger partial charge in [-0.05, 0) is 30.1 Å². The summed E-state index contributed by atoms with van der Waals surface area (Å²) < 4.78 is 31.2. The van der Waals surface area contributed by atoms with E-state index in [0.717, 1.165) is 0 Å². The summed E-state index contributed by atoms with van der Waals surface area (Å²) >= 11 is -2.59. The van der Waals surface area contributed by atoms with Crippen molar-refractivity contribution in [2.75, 3.05) is 13.2 Å². The minimum atomic E-state index is -2.59. The molecule has 0 aliphatic rings. The van der Waals surface area contributed by atoms with Gasteiger partial charge in [-0.1, -0.05) is 0 Å². The molecule has 98 valence electrons. The van der Waals surface area contributed by atoms with Gasteiger partial charge in [0.05, 0.1) is 12.9 Å². The summed E-state index contributed by atoms with van der Waals surface area (Å²) in [5.74, 6) is 0.429. The van der Waals surface area contributed by atoms with E-state index in [9.17, 15) is 13.9 Å². The Bertz CT molecular complexity index is 354. The van der Waals surface area contributed by atoms with Gasteiger partial charge in [-0.3, -0.25) is 4.21 Å². The Kier molecular flexibility index (Phi) is 5.29. The van der Waals surface area contributed by atoms with E-state index >= 15 is 0 Å². The Hall–Kier alpha value is -0.730. The van der Waals surface area contributed by atoms with Crippen LogP contribution in [0.1, 0.15) is 12.7 Å². The largest absolute Gasteiger partial charge is 0.772 e. The first-order chi connectivity index (χ1) is 8.03. The molecule has 0 bridgehead atoms. The number of aliphatic hydroxyl groups excluding tert-OH is 1. The average Bonchev–Trinajstić information content (AvgIpc) is 2.75. The van der Waals surface area contributed by atoms with Crippen LogP contribution >= 0.6 is 0 Å². The van der Waals surface area contributed by atoms with E-state index in [1.165, 1.54) is 6.26 Å². The molecule has 17 heavy (non-hydrogen) atoms. The molecule has 0 fully saturated rings. The van der Waals surface area contributed by atoms with E-state index in [1.54, 1.807) is 19.1 Å². The van der Waals surface area contributed by atoms with E-state index in [2.05, 4.69) is 0 Å². The van der Waals surface area contributed by atoms with Gasteiger partial charge in [0.15, 0.2) is 0 Å². The molecule has 0 spiro atoms. The third kappa shape index (κ3) is 3.36. The lowest BCUT2D eigenvalue weighted by molar-refractivity contribution is 0.0470. The van der Waals surface area contributed by atoms with Crippen LogP contribution in [0.25, 0.3) is 0 Å². The second-order valence-corrected chi connectivity index (χ2v) is 4.92. The molecule has 0 saturated carbocycles. The number of rotatable bonds is 7. The fourth-order valence-electron chi connectivity index (χ4n) is 1.43. The van der Waals surface area contributed by atoms with Gasteiger partial charge < -0.3 is 24.5 Å². The SMILES string of the molecule is CCOC[C@@](Cc1ccco1)([C@H](N)O)S(=O)[O-]. The highest BCUT2D eigenvalue weighted by molar-refractivity contribution is 7.80. The number of nitrogens with two attached hydrogens (primary N) is 1. The Morgan fingerprint density at radius 1 is 1.76 bits per heavy atom. The fourth-order valence-corrected chi connectivity index (χ4v) is 2.07. The van der Waals surface area contributed by atoms with E-state index in [1.807, 2.05) is 0 Å². The van der Waals surface area contributed by atoms with Gasteiger partial charge >= 0.3 is 0 Å². The third-order valence-electron chi connectivity index (χ3n) is 2.48. The van der Waals surface area contributed by atoms with Crippen molar-refractivity contribution in [2.45, 2.75) is 24.3 Å². The number of hydrogen-bond acceptors (Lipinski definition) is 6. The minimum Gasteiger partial charge on any atom is -0.772 e. The number of furan rings is 1. The number of aliphatic hydroxyl groups is 1. The van der Waals surface area contributed by atoms with Crippen LogP contribution in [0, 0.1) is 0 Å². The highest BCUT2D eigenvalue weighted by atomic mass is 32.2. The average molecular weight is 262 g/mol. The zero-order valence-corrected chi connectivity index (χ0v) is 10.3. The molecule has 1 aromatic rings. The van der Waals surface area contributed by atoms with Crippen molar-refractivity contribution in [3.63, 3.8) is 0 Å². The van der Waals surface area contributed by atoms with Crippen molar-refractivity contribution >= 4 is 11.1 Å². The van der Waals surface area contributed by atoms with E-state index < -0.39 is 22.1 Å². The van der Waals surface area contributed by atoms with Crippen LogP contribution in [0.15, 0.2) is 22.8 Å². The molecule has 0 aromatic carbocycles. The maximum atomic E-state index is 11.3. The molecule has 0 radical (unpaired) electrons. The van der Waals surface area contributed by atoms with Crippen molar-refractivity contribution in [2.24, 2.45) is 5.73 Å². The van der Waals surface area contributed by atoms with Crippen LogP contribution in [0.2, 0.25) is 0 Å². The molecule has 1 rings (SSSR count). The topological polar surface area (TPSA) is 109 Å². The summed E-state index contributed by atoms with van der Waals surface area (Å²) in [6.45, 7) is 1.88. The lowest BCUT2D eigenvalue weighted by atomic mass is 10.0. The first-order valence-corrected chi connectivity index (χ1v) is 6.23. The Labute approximate surface area is 102 Å². The van der Waals surface area contributed by atoms with Crippen LogP contribution in [0.3, 0.4) is 0 Å². The van der Waals surface area contributed by atoms with Gasteiger partial charge in [0.1, 0.15) is 16.7 Å². The third-order valence-corrected chi connectivity index (χ3v) is 3.64. The van der Waals surface area contributed by atoms with Crippen LogP contribution in [-0.4, -0.2) is 38.1 Å². The van der Waals surface area contributed by atoms with Gasteiger partial charge in [-0.15, -0.1) is 0 Å². The number of ether oxygens (including phenoxy) is 1. The van der Waals surface area contributed by atoms with Gasteiger partial charge in [0, 0.05) is 13.0 Å². The Morgan fingerprint density at radius 3 is 2.88 bits per heavy atom. The molecule has 0 amide bonds. The highest BCUT2D eigenvalue weighted by Crippen LogP contribution is 2.23. The number of hydrogen-bond donors (Lipinski definition) is 2. The molecular formula is C10H16NO5S-. The van der Waals surface area contributed by atoms with E-state index in [-0.39, 0.29) is 13.0 Å². The van der Waals surface area contributed by atoms with Crippen LogP contribution < -0.4 is 5.73 Å². The maximum absolute atomic E-state index is 11.3. The summed E-state index contributed by atoms with van der Waals surface area (Å²) in [5.41, 5.74) is 5.37. The predicted octanol–water partition coefficient (Wildman–Crippen LogP) is -0.246. The minimum absolute atomic E-state index is 0.0340. The van der Waals surface area contributed by atoms with Crippen LogP contribution in [0.4, 0.5) is 0 Å². The summed E-state index contributed by atoms with van der Waals surface area (Å²) in [7, 11) is 0. The summed E-state index contributed by atoms with van der Waals surface area (Å²) in [4.78, 5) is 0. The molecule has 1 unspecified atom stereocenters. The smallest absolute Gasteiger partial charge is 0.121 e. The summed E-state index contributed by atoms with van der Waals surface area (Å²) in [6, 6.07) is 3.26. The molecule has 0 aliphatic carbocycles. The molecule has 7 heteroatoms.